The molecule has 1 aromatic rings. The number of hydrogen-bond acceptors (Lipinski definition) is 5. The molecule has 1 atom stereocenters. The second kappa shape index (κ2) is 7.22. The number of ether oxygens (including phenoxy) is 2. The first kappa shape index (κ1) is 16.9. The van der Waals surface area contributed by atoms with Crippen molar-refractivity contribution in [1.82, 2.24) is 0 Å². The lowest BCUT2D eigenvalue weighted by Crippen LogP contribution is -2.36. The number of hydrogen-bond donors (Lipinski definition) is 0. The molecule has 23 heavy (non-hydrogen) atoms. The smallest absolute Gasteiger partial charge is 0.340 e. The molecule has 0 radical (unpaired) electrons. The summed E-state index contributed by atoms with van der Waals surface area (Å²) < 4.78 is 10.4. The molecule has 2 rings (SSSR count). The van der Waals surface area contributed by atoms with Crippen LogP contribution in [0.1, 0.15) is 32.8 Å². The van der Waals surface area contributed by atoms with Crippen molar-refractivity contribution in [3.63, 3.8) is 0 Å². The molecule has 5 nitrogen and oxygen atoms in total. The van der Waals surface area contributed by atoms with E-state index in [-0.39, 0.29) is 13.2 Å². The zero-order valence-corrected chi connectivity index (χ0v) is 13.7. The highest BCUT2D eigenvalue weighted by atomic mass is 16.5. The summed E-state index contributed by atoms with van der Waals surface area (Å²) in [6, 6.07) is 9.43. The Balaban J connectivity index is 2.15. The van der Waals surface area contributed by atoms with Crippen LogP contribution < -0.4 is 0 Å². The third kappa shape index (κ3) is 3.50. The fraction of sp³-hybridized carbons (Fsp3) is 0.389. The van der Waals surface area contributed by atoms with Crippen LogP contribution in [-0.4, -0.2) is 30.3 Å². The maximum absolute atomic E-state index is 12.3. The molecule has 0 N–H and O–H groups in total. The van der Waals surface area contributed by atoms with Gasteiger partial charge in [-0.2, -0.15) is 0 Å². The molecular formula is C18H21NO4. The van der Waals surface area contributed by atoms with Gasteiger partial charge in [0.15, 0.2) is 5.54 Å². The van der Waals surface area contributed by atoms with Gasteiger partial charge in [-0.15, -0.1) is 0 Å². The second-order valence-electron chi connectivity index (χ2n) is 5.36. The highest BCUT2D eigenvalue weighted by Crippen LogP contribution is 2.33. The number of aliphatic imine (C=N–C) groups is 1. The first-order valence-electron chi connectivity index (χ1n) is 7.70. The van der Waals surface area contributed by atoms with Gasteiger partial charge in [0, 0.05) is 6.21 Å². The summed E-state index contributed by atoms with van der Waals surface area (Å²) in [6.07, 6.45) is 1.94. The fourth-order valence-corrected chi connectivity index (χ4v) is 2.57. The van der Waals surface area contributed by atoms with Crippen molar-refractivity contribution < 1.29 is 19.1 Å². The molecule has 0 spiro atoms. The first-order valence-corrected chi connectivity index (χ1v) is 7.70. The number of carbonyl (C=O) groups excluding carboxylic acids is 2. The number of esters is 2. The van der Waals surface area contributed by atoms with Crippen molar-refractivity contribution >= 4 is 18.2 Å². The van der Waals surface area contributed by atoms with E-state index in [1.807, 2.05) is 37.3 Å². The van der Waals surface area contributed by atoms with E-state index in [9.17, 15) is 9.59 Å². The number of nitrogens with zero attached hydrogens (tertiary/aromatic N) is 1. The molecule has 0 bridgehead atoms. The predicted octanol–water partition coefficient (Wildman–Crippen LogP) is 2.84. The zero-order chi connectivity index (χ0) is 16.9. The fourth-order valence-electron chi connectivity index (χ4n) is 2.57. The average molecular weight is 315 g/mol. The topological polar surface area (TPSA) is 65.0 Å². The van der Waals surface area contributed by atoms with Crippen molar-refractivity contribution in [2.45, 2.75) is 39.3 Å². The van der Waals surface area contributed by atoms with Crippen LogP contribution in [0, 0.1) is 0 Å². The molecule has 0 aromatic heterocycles. The van der Waals surface area contributed by atoms with E-state index >= 15 is 0 Å². The lowest BCUT2D eigenvalue weighted by molar-refractivity contribution is -0.147. The number of rotatable bonds is 6. The van der Waals surface area contributed by atoms with Gasteiger partial charge < -0.3 is 9.47 Å². The Labute approximate surface area is 136 Å². The SMILES string of the molecule is CCOC(=O)C1(C)N=CC(C(=O)OCc2ccccc2)=C1CC. The quantitative estimate of drug-likeness (QED) is 0.757. The van der Waals surface area contributed by atoms with Crippen molar-refractivity contribution in [3.05, 3.63) is 47.0 Å². The van der Waals surface area contributed by atoms with Crippen molar-refractivity contribution in [2.75, 3.05) is 6.61 Å². The molecular weight excluding hydrogens is 294 g/mol. The van der Waals surface area contributed by atoms with E-state index in [4.69, 9.17) is 9.47 Å². The van der Waals surface area contributed by atoms with Crippen LogP contribution in [0.3, 0.4) is 0 Å². The van der Waals surface area contributed by atoms with Crippen LogP contribution in [0.15, 0.2) is 46.5 Å². The predicted molar refractivity (Wildman–Crippen MR) is 87.1 cm³/mol. The summed E-state index contributed by atoms with van der Waals surface area (Å²) in [6.45, 7) is 5.74. The molecule has 1 unspecified atom stereocenters. The van der Waals surface area contributed by atoms with Gasteiger partial charge in [0.25, 0.3) is 0 Å². The van der Waals surface area contributed by atoms with Crippen molar-refractivity contribution in [1.29, 1.82) is 0 Å². The van der Waals surface area contributed by atoms with Crippen LogP contribution >= 0.6 is 0 Å². The van der Waals surface area contributed by atoms with Crippen LogP contribution in [0.4, 0.5) is 0 Å². The maximum atomic E-state index is 12.3. The van der Waals surface area contributed by atoms with E-state index in [0.717, 1.165) is 5.56 Å². The molecule has 1 aliphatic rings. The number of benzene rings is 1. The molecule has 0 amide bonds. The molecule has 122 valence electrons. The van der Waals surface area contributed by atoms with Gasteiger partial charge in [0.1, 0.15) is 6.61 Å². The van der Waals surface area contributed by atoms with Crippen LogP contribution in [0.5, 0.6) is 0 Å². The monoisotopic (exact) mass is 315 g/mol. The standard InChI is InChI=1S/C18H21NO4/c1-4-15-14(11-19-18(15,3)17(21)22-5-2)16(20)23-12-13-9-7-6-8-10-13/h6-11H,4-5,12H2,1-3H3. The van der Waals surface area contributed by atoms with Gasteiger partial charge in [-0.1, -0.05) is 37.3 Å². The minimum Gasteiger partial charge on any atom is -0.464 e. The maximum Gasteiger partial charge on any atom is 0.340 e. The van der Waals surface area contributed by atoms with E-state index < -0.39 is 17.5 Å². The lowest BCUT2D eigenvalue weighted by Gasteiger charge is -2.22. The molecule has 0 saturated heterocycles. The highest BCUT2D eigenvalue weighted by Gasteiger charge is 2.43. The molecule has 0 fully saturated rings. The van der Waals surface area contributed by atoms with Crippen LogP contribution in [0.2, 0.25) is 0 Å². The Hall–Kier alpha value is -2.43. The van der Waals surface area contributed by atoms with Gasteiger partial charge in [0.05, 0.1) is 12.2 Å². The summed E-state index contributed by atoms with van der Waals surface area (Å²) in [5.74, 6) is -0.915. The first-order chi connectivity index (χ1) is 11.0. The molecule has 0 saturated carbocycles. The lowest BCUT2D eigenvalue weighted by atomic mass is 9.89. The Morgan fingerprint density at radius 1 is 1.13 bits per heavy atom. The van der Waals surface area contributed by atoms with Crippen LogP contribution in [-0.2, 0) is 25.7 Å². The Kier molecular flexibility index (Phi) is 5.32. The van der Waals surface area contributed by atoms with Gasteiger partial charge >= 0.3 is 11.9 Å². The highest BCUT2D eigenvalue weighted by molar-refractivity contribution is 6.14. The van der Waals surface area contributed by atoms with Gasteiger partial charge in [-0.3, -0.25) is 4.99 Å². The molecule has 5 heteroatoms. The molecule has 1 aliphatic heterocycles. The van der Waals surface area contributed by atoms with E-state index in [0.29, 0.717) is 17.6 Å². The Morgan fingerprint density at radius 3 is 2.43 bits per heavy atom. The summed E-state index contributed by atoms with van der Waals surface area (Å²) in [4.78, 5) is 28.7. The number of carbonyl (C=O) groups is 2. The molecule has 1 heterocycles. The van der Waals surface area contributed by atoms with Crippen LogP contribution in [0.25, 0.3) is 0 Å². The molecule has 1 aromatic carbocycles. The average Bonchev–Trinajstić information content (AvgIpc) is 2.92. The summed E-state index contributed by atoms with van der Waals surface area (Å²) in [5.41, 5.74) is 0.752. The van der Waals surface area contributed by atoms with Gasteiger partial charge in [-0.25, -0.2) is 9.59 Å². The third-order valence-corrected chi connectivity index (χ3v) is 3.82. The second-order valence-corrected chi connectivity index (χ2v) is 5.36. The Bertz CT molecular complexity index is 648. The largest absolute Gasteiger partial charge is 0.464 e. The normalized spacial score (nSPS) is 19.8. The summed E-state index contributed by atoms with van der Waals surface area (Å²) >= 11 is 0. The minimum atomic E-state index is -1.13. The van der Waals surface area contributed by atoms with Gasteiger partial charge in [0.2, 0.25) is 0 Å². The molecule has 0 aliphatic carbocycles. The third-order valence-electron chi connectivity index (χ3n) is 3.82. The van der Waals surface area contributed by atoms with E-state index in [2.05, 4.69) is 4.99 Å². The zero-order valence-electron chi connectivity index (χ0n) is 13.7. The summed E-state index contributed by atoms with van der Waals surface area (Å²) in [7, 11) is 0. The minimum absolute atomic E-state index is 0.185. The van der Waals surface area contributed by atoms with E-state index in [1.165, 1.54) is 6.21 Å². The van der Waals surface area contributed by atoms with Gasteiger partial charge in [-0.05, 0) is 31.4 Å². The van der Waals surface area contributed by atoms with Crippen molar-refractivity contribution in [3.8, 4) is 0 Å². The van der Waals surface area contributed by atoms with Crippen molar-refractivity contribution in [2.24, 2.45) is 4.99 Å². The van der Waals surface area contributed by atoms with E-state index in [1.54, 1.807) is 13.8 Å². The summed E-state index contributed by atoms with van der Waals surface area (Å²) in [5, 5.41) is 0. The Morgan fingerprint density at radius 2 is 1.83 bits per heavy atom.